The topological polar surface area (TPSA) is 35.5 Å². The lowest BCUT2D eigenvalue weighted by molar-refractivity contribution is 0.147. The van der Waals surface area contributed by atoms with E-state index in [2.05, 4.69) is 0 Å². The van der Waals surface area contributed by atoms with Gasteiger partial charge in [0.05, 0.1) is 12.2 Å². The molecule has 0 bridgehead atoms. The summed E-state index contributed by atoms with van der Waals surface area (Å²) in [5.74, 6) is 0. The van der Waals surface area contributed by atoms with Crippen LogP contribution < -0.4 is 0 Å². The molecule has 0 aliphatic carbocycles. The fourth-order valence-electron chi connectivity index (χ4n) is 1.62. The summed E-state index contributed by atoms with van der Waals surface area (Å²) in [7, 11) is -3.23. The normalized spacial score (nSPS) is 13.3. The molecule has 0 fully saturated rings. The smallest absolute Gasteiger partial charge is 0.303 e. The Labute approximate surface area is 116 Å². The van der Waals surface area contributed by atoms with E-state index in [1.54, 1.807) is 6.92 Å². The number of hydrogen-bond acceptors (Lipinski definition) is 3. The SMILES string of the molecule is C/C(=C\c1ccccc1)P(=O)(OC(C)C)OC(C)C. The Balaban J connectivity index is 3.04. The zero-order chi connectivity index (χ0) is 14.5. The molecule has 0 N–H and O–H groups in total. The first-order valence-corrected chi connectivity index (χ1v) is 8.08. The van der Waals surface area contributed by atoms with Crippen molar-refractivity contribution in [2.24, 2.45) is 0 Å². The minimum atomic E-state index is -3.23. The molecule has 0 saturated carbocycles. The van der Waals surface area contributed by atoms with E-state index in [1.807, 2.05) is 64.1 Å². The van der Waals surface area contributed by atoms with Crippen molar-refractivity contribution in [3.63, 3.8) is 0 Å². The van der Waals surface area contributed by atoms with Gasteiger partial charge in [-0.3, -0.25) is 4.57 Å². The lowest BCUT2D eigenvalue weighted by atomic mass is 10.2. The van der Waals surface area contributed by atoms with E-state index in [1.165, 1.54) is 0 Å². The maximum Gasteiger partial charge on any atom is 0.357 e. The van der Waals surface area contributed by atoms with Crippen LogP contribution in [0.2, 0.25) is 0 Å². The van der Waals surface area contributed by atoms with Gasteiger partial charge in [-0.1, -0.05) is 30.3 Å². The van der Waals surface area contributed by atoms with Crippen molar-refractivity contribution in [2.75, 3.05) is 0 Å². The second-order valence-electron chi connectivity index (χ2n) is 5.00. The molecule has 1 aromatic rings. The van der Waals surface area contributed by atoms with E-state index in [4.69, 9.17) is 9.05 Å². The molecule has 0 heterocycles. The van der Waals surface area contributed by atoms with Crippen molar-refractivity contribution in [1.29, 1.82) is 0 Å². The van der Waals surface area contributed by atoms with E-state index < -0.39 is 7.60 Å². The van der Waals surface area contributed by atoms with Gasteiger partial charge in [0.1, 0.15) is 0 Å². The van der Waals surface area contributed by atoms with Gasteiger partial charge in [-0.25, -0.2) is 0 Å². The second kappa shape index (κ2) is 7.04. The molecule has 1 aromatic carbocycles. The monoisotopic (exact) mass is 282 g/mol. The summed E-state index contributed by atoms with van der Waals surface area (Å²) < 4.78 is 23.9. The molecule has 0 aliphatic rings. The van der Waals surface area contributed by atoms with Gasteiger partial charge < -0.3 is 9.05 Å². The van der Waals surface area contributed by atoms with Crippen LogP contribution in [0.3, 0.4) is 0 Å². The summed E-state index contributed by atoms with van der Waals surface area (Å²) in [5, 5.41) is 0.626. The predicted molar refractivity (Wildman–Crippen MR) is 80.1 cm³/mol. The maximum atomic E-state index is 12.8. The van der Waals surface area contributed by atoms with Crippen molar-refractivity contribution in [1.82, 2.24) is 0 Å². The van der Waals surface area contributed by atoms with Gasteiger partial charge >= 0.3 is 7.60 Å². The van der Waals surface area contributed by atoms with Gasteiger partial charge in [0, 0.05) is 5.31 Å². The third-order valence-electron chi connectivity index (χ3n) is 2.31. The van der Waals surface area contributed by atoms with Gasteiger partial charge in [-0.2, -0.15) is 0 Å². The Hall–Kier alpha value is -0.890. The van der Waals surface area contributed by atoms with Gasteiger partial charge in [0.25, 0.3) is 0 Å². The lowest BCUT2D eigenvalue weighted by Crippen LogP contribution is -2.08. The third kappa shape index (κ3) is 5.32. The van der Waals surface area contributed by atoms with Crippen LogP contribution in [0.5, 0.6) is 0 Å². The van der Waals surface area contributed by atoms with Crippen molar-refractivity contribution in [2.45, 2.75) is 46.8 Å². The van der Waals surface area contributed by atoms with Gasteiger partial charge in [-0.05, 0) is 46.3 Å². The van der Waals surface area contributed by atoms with Gasteiger partial charge in [-0.15, -0.1) is 0 Å². The van der Waals surface area contributed by atoms with Crippen LogP contribution in [0.1, 0.15) is 40.2 Å². The molecule has 0 radical (unpaired) electrons. The summed E-state index contributed by atoms with van der Waals surface area (Å²) in [6, 6.07) is 9.74. The van der Waals surface area contributed by atoms with Gasteiger partial charge in [0.15, 0.2) is 0 Å². The molecule has 19 heavy (non-hydrogen) atoms. The average molecular weight is 282 g/mol. The molecule has 3 nitrogen and oxygen atoms in total. The van der Waals surface area contributed by atoms with E-state index in [0.29, 0.717) is 5.31 Å². The highest BCUT2D eigenvalue weighted by Crippen LogP contribution is 2.58. The molecular weight excluding hydrogens is 259 g/mol. The molecule has 0 aromatic heterocycles. The van der Waals surface area contributed by atoms with Crippen molar-refractivity contribution in [3.05, 3.63) is 41.2 Å². The highest BCUT2D eigenvalue weighted by molar-refractivity contribution is 7.58. The van der Waals surface area contributed by atoms with Gasteiger partial charge in [0.2, 0.25) is 0 Å². The number of allylic oxidation sites excluding steroid dienone is 1. The Bertz CT molecular complexity index is 450. The molecule has 0 aliphatic heterocycles. The quantitative estimate of drug-likeness (QED) is 0.682. The van der Waals surface area contributed by atoms with Crippen LogP contribution in [-0.4, -0.2) is 12.2 Å². The average Bonchev–Trinajstić information content (AvgIpc) is 2.27. The van der Waals surface area contributed by atoms with Crippen LogP contribution >= 0.6 is 7.60 Å². The fourth-order valence-corrected chi connectivity index (χ4v) is 3.42. The largest absolute Gasteiger partial charge is 0.357 e. The van der Waals surface area contributed by atoms with Crippen LogP contribution in [0.4, 0.5) is 0 Å². The maximum absolute atomic E-state index is 12.8. The first-order chi connectivity index (χ1) is 8.83. The van der Waals surface area contributed by atoms with Crippen LogP contribution in [0.25, 0.3) is 6.08 Å². The molecule has 0 unspecified atom stereocenters. The Morgan fingerprint density at radius 3 is 1.95 bits per heavy atom. The molecule has 0 saturated heterocycles. The highest BCUT2D eigenvalue weighted by Gasteiger charge is 2.29. The van der Waals surface area contributed by atoms with Crippen LogP contribution in [-0.2, 0) is 13.6 Å². The van der Waals surface area contributed by atoms with E-state index in [-0.39, 0.29) is 12.2 Å². The van der Waals surface area contributed by atoms with E-state index in [9.17, 15) is 4.57 Å². The lowest BCUT2D eigenvalue weighted by Gasteiger charge is -2.23. The molecule has 0 spiro atoms. The Morgan fingerprint density at radius 2 is 1.53 bits per heavy atom. The minimum Gasteiger partial charge on any atom is -0.303 e. The van der Waals surface area contributed by atoms with E-state index >= 15 is 0 Å². The summed E-state index contributed by atoms with van der Waals surface area (Å²) in [6.07, 6.45) is 1.55. The zero-order valence-electron chi connectivity index (χ0n) is 12.3. The molecule has 106 valence electrons. The third-order valence-corrected chi connectivity index (χ3v) is 4.70. The summed E-state index contributed by atoms with van der Waals surface area (Å²) in [6.45, 7) is 9.20. The molecule has 4 heteroatoms. The standard InChI is InChI=1S/C15H23O3P/c1-12(2)17-19(16,18-13(3)4)14(5)11-15-9-7-6-8-10-15/h6-13H,1-5H3/b14-11+. The predicted octanol–water partition coefficient (Wildman–Crippen LogP) is 5.09. The molecule has 1 rings (SSSR count). The van der Waals surface area contributed by atoms with Crippen LogP contribution in [0, 0.1) is 0 Å². The Morgan fingerprint density at radius 1 is 1.05 bits per heavy atom. The van der Waals surface area contributed by atoms with Crippen LogP contribution in [0.15, 0.2) is 35.6 Å². The summed E-state index contributed by atoms with van der Waals surface area (Å²) in [4.78, 5) is 0. The highest BCUT2D eigenvalue weighted by atomic mass is 31.2. The first-order valence-electron chi connectivity index (χ1n) is 6.54. The fraction of sp³-hybridized carbons (Fsp3) is 0.467. The zero-order valence-corrected chi connectivity index (χ0v) is 13.2. The second-order valence-corrected chi connectivity index (χ2v) is 7.12. The number of rotatable bonds is 6. The van der Waals surface area contributed by atoms with E-state index in [0.717, 1.165) is 5.56 Å². The summed E-state index contributed by atoms with van der Waals surface area (Å²) in [5.41, 5.74) is 0.986. The summed E-state index contributed by atoms with van der Waals surface area (Å²) >= 11 is 0. The molecule has 0 amide bonds. The van der Waals surface area contributed by atoms with Crippen molar-refractivity contribution < 1.29 is 13.6 Å². The van der Waals surface area contributed by atoms with Crippen molar-refractivity contribution >= 4 is 13.7 Å². The first kappa shape index (κ1) is 16.2. The van der Waals surface area contributed by atoms with Crippen molar-refractivity contribution in [3.8, 4) is 0 Å². The Kier molecular flexibility index (Phi) is 5.99. The number of hydrogen-bond donors (Lipinski definition) is 0. The molecular formula is C15H23O3P. The minimum absolute atomic E-state index is 0.149. The molecule has 0 atom stereocenters. The number of benzene rings is 1.